The molecule has 1 aromatic rings. The number of anilines is 1. The summed E-state index contributed by atoms with van der Waals surface area (Å²) in [6.45, 7) is 18.0. The average Bonchev–Trinajstić information content (AvgIpc) is 3.03. The van der Waals surface area contributed by atoms with Crippen LogP contribution < -0.4 is 10.2 Å². The fourth-order valence-corrected chi connectivity index (χ4v) is 3.88. The molecule has 0 aromatic heterocycles. The molecule has 0 heterocycles. The van der Waals surface area contributed by atoms with Gasteiger partial charge in [-0.05, 0) is 88.5 Å². The van der Waals surface area contributed by atoms with Crippen LogP contribution in [0.3, 0.4) is 0 Å². The molecule has 1 unspecified atom stereocenters. The number of aromatic carboxylic acids is 1. The molecule has 0 aliphatic rings. The van der Waals surface area contributed by atoms with Crippen LogP contribution in [0.4, 0.5) is 5.69 Å². The fourth-order valence-electron chi connectivity index (χ4n) is 3.88. The van der Waals surface area contributed by atoms with E-state index in [1.54, 1.807) is 24.3 Å². The minimum atomic E-state index is -0.957. The molecular weight excluding hydrogens is 530 g/mol. The standard InChI is InChI=1S/C30H45N3O5.2C2H6/c1-6-25(4)32-18-15-26(24(3)22-35)10-8-9-17-31-19-16-30(7-2,38-21-20-34)23-33(5)28-13-11-27(12-14-28)29(36)37;2*1-2/h6,8,10-14,18,20,31,35H,7,9,15-17,19,21-23H2,1-5H3,(H,36,37);2*1-2H3/b10-8-,25-6-,26-24-,32-18?;;. The van der Waals surface area contributed by atoms with Crippen molar-refractivity contribution in [3.63, 3.8) is 0 Å². The number of aliphatic imine (C=N–C) groups is 1. The van der Waals surface area contributed by atoms with Gasteiger partial charge in [-0.25, -0.2) is 4.79 Å². The molecule has 0 saturated carbocycles. The molecule has 1 rings (SSSR count). The number of aliphatic hydroxyl groups is 1. The van der Waals surface area contributed by atoms with Crippen molar-refractivity contribution in [3.8, 4) is 0 Å². The second kappa shape index (κ2) is 25.6. The monoisotopic (exact) mass is 587 g/mol. The fraction of sp³-hybridized carbons (Fsp3) is 0.559. The highest BCUT2D eigenvalue weighted by atomic mass is 16.5. The molecule has 1 aromatic carbocycles. The maximum absolute atomic E-state index is 11.1. The van der Waals surface area contributed by atoms with Crippen molar-refractivity contribution in [1.29, 1.82) is 0 Å². The largest absolute Gasteiger partial charge is 0.478 e. The highest BCUT2D eigenvalue weighted by molar-refractivity contribution is 5.88. The van der Waals surface area contributed by atoms with Gasteiger partial charge in [-0.3, -0.25) is 4.99 Å². The summed E-state index contributed by atoms with van der Waals surface area (Å²) in [5.41, 5.74) is 3.55. The second-order valence-corrected chi connectivity index (χ2v) is 9.32. The molecule has 0 aliphatic carbocycles. The third-order valence-electron chi connectivity index (χ3n) is 6.56. The van der Waals surface area contributed by atoms with Crippen LogP contribution in [-0.4, -0.2) is 74.2 Å². The number of aliphatic hydroxyl groups excluding tert-OH is 1. The summed E-state index contributed by atoms with van der Waals surface area (Å²) in [5.74, 6) is -0.957. The molecule has 1 atom stereocenters. The molecule has 0 fully saturated rings. The van der Waals surface area contributed by atoms with Gasteiger partial charge in [0.15, 0.2) is 0 Å². The molecule has 238 valence electrons. The topological polar surface area (TPSA) is 111 Å². The molecule has 42 heavy (non-hydrogen) atoms. The Kier molecular flexibility index (Phi) is 25.1. The highest BCUT2D eigenvalue weighted by Gasteiger charge is 2.30. The number of rotatable bonds is 19. The lowest BCUT2D eigenvalue weighted by Crippen LogP contribution is -2.46. The van der Waals surface area contributed by atoms with Crippen LogP contribution in [0.1, 0.15) is 91.4 Å². The molecule has 0 spiro atoms. The summed E-state index contributed by atoms with van der Waals surface area (Å²) >= 11 is 0. The first-order chi connectivity index (χ1) is 20.2. The van der Waals surface area contributed by atoms with Gasteiger partial charge in [0.1, 0.15) is 12.9 Å². The number of carboxylic acids is 1. The van der Waals surface area contributed by atoms with Crippen molar-refractivity contribution in [2.75, 3.05) is 44.8 Å². The Morgan fingerprint density at radius 3 is 2.29 bits per heavy atom. The van der Waals surface area contributed by atoms with E-state index in [9.17, 15) is 14.7 Å². The lowest BCUT2D eigenvalue weighted by atomic mass is 9.94. The molecule has 8 nitrogen and oxygen atoms in total. The number of likely N-dealkylation sites (N-methyl/N-ethyl adjacent to an activating group) is 1. The molecule has 0 radical (unpaired) electrons. The zero-order valence-corrected chi connectivity index (χ0v) is 27.6. The molecular formula is C34H57N3O5. The summed E-state index contributed by atoms with van der Waals surface area (Å²) < 4.78 is 6.04. The van der Waals surface area contributed by atoms with Crippen LogP contribution in [0, 0.1) is 0 Å². The number of allylic oxidation sites excluding steroid dienone is 4. The van der Waals surface area contributed by atoms with Gasteiger partial charge in [-0.1, -0.05) is 52.8 Å². The van der Waals surface area contributed by atoms with Crippen LogP contribution >= 0.6 is 0 Å². The van der Waals surface area contributed by atoms with E-state index in [1.165, 1.54) is 0 Å². The predicted molar refractivity (Wildman–Crippen MR) is 178 cm³/mol. The first kappa shape index (κ1) is 41.1. The van der Waals surface area contributed by atoms with E-state index in [0.29, 0.717) is 19.4 Å². The van der Waals surface area contributed by atoms with Crippen LogP contribution in [0.15, 0.2) is 64.3 Å². The van der Waals surface area contributed by atoms with E-state index in [2.05, 4.69) is 22.5 Å². The van der Waals surface area contributed by atoms with Crippen molar-refractivity contribution in [2.45, 2.75) is 86.7 Å². The number of benzene rings is 1. The third kappa shape index (κ3) is 17.0. The molecule has 3 N–H and O–H groups in total. The summed E-state index contributed by atoms with van der Waals surface area (Å²) in [7, 11) is 1.94. The zero-order chi connectivity index (χ0) is 32.4. The maximum atomic E-state index is 11.1. The van der Waals surface area contributed by atoms with E-state index >= 15 is 0 Å². The Hall–Kier alpha value is -3.07. The Morgan fingerprint density at radius 1 is 1.12 bits per heavy atom. The number of carbonyl (C=O) groups excluding carboxylic acids is 1. The van der Waals surface area contributed by atoms with E-state index in [4.69, 9.17) is 9.84 Å². The summed E-state index contributed by atoms with van der Waals surface area (Å²) in [4.78, 5) is 28.6. The van der Waals surface area contributed by atoms with Gasteiger partial charge in [0.25, 0.3) is 0 Å². The van der Waals surface area contributed by atoms with Crippen LogP contribution in [0.2, 0.25) is 0 Å². The lowest BCUT2D eigenvalue weighted by Gasteiger charge is -2.37. The van der Waals surface area contributed by atoms with Crippen molar-refractivity contribution in [2.24, 2.45) is 4.99 Å². The Labute approximate surface area is 255 Å². The first-order valence-electron chi connectivity index (χ1n) is 15.2. The van der Waals surface area contributed by atoms with Crippen LogP contribution in [0.5, 0.6) is 0 Å². The van der Waals surface area contributed by atoms with Gasteiger partial charge in [-0.2, -0.15) is 0 Å². The van der Waals surface area contributed by atoms with E-state index < -0.39 is 11.6 Å². The molecule has 0 aliphatic heterocycles. The third-order valence-corrected chi connectivity index (χ3v) is 6.56. The molecule has 8 heteroatoms. The second-order valence-electron chi connectivity index (χ2n) is 9.32. The van der Waals surface area contributed by atoms with Gasteiger partial charge in [0.05, 0.1) is 17.8 Å². The zero-order valence-electron chi connectivity index (χ0n) is 27.6. The normalized spacial score (nSPS) is 13.4. The Balaban J connectivity index is 0. The number of nitrogens with one attached hydrogen (secondary N) is 1. The number of carboxylic acid groups (broad SMARTS) is 1. The average molecular weight is 588 g/mol. The highest BCUT2D eigenvalue weighted by Crippen LogP contribution is 2.25. The Morgan fingerprint density at radius 2 is 1.76 bits per heavy atom. The predicted octanol–water partition coefficient (Wildman–Crippen LogP) is 6.86. The first-order valence-corrected chi connectivity index (χ1v) is 15.2. The van der Waals surface area contributed by atoms with Crippen molar-refractivity contribution in [3.05, 3.63) is 64.9 Å². The number of carbonyl (C=O) groups is 2. The summed E-state index contributed by atoms with van der Waals surface area (Å²) in [6, 6.07) is 6.73. The number of hydrogen-bond donors (Lipinski definition) is 3. The molecule has 0 bridgehead atoms. The van der Waals surface area contributed by atoms with Gasteiger partial charge >= 0.3 is 5.97 Å². The number of aldehydes is 1. The Bertz CT molecular complexity index is 983. The van der Waals surface area contributed by atoms with E-state index in [-0.39, 0.29) is 18.8 Å². The SMILES string of the molecule is C/C=C(/C)N=CCC(/C=C\CCNCCC(CC)(CN(C)c1ccc(C(=O)O)cc1)OCC=O)=C(/C)CO.CC.CC. The van der Waals surface area contributed by atoms with E-state index in [1.807, 2.05) is 79.6 Å². The van der Waals surface area contributed by atoms with Crippen molar-refractivity contribution in [1.82, 2.24) is 5.32 Å². The van der Waals surface area contributed by atoms with Crippen molar-refractivity contribution < 1.29 is 24.5 Å². The lowest BCUT2D eigenvalue weighted by molar-refractivity contribution is -0.119. The minimum absolute atomic E-state index is 0.0202. The smallest absolute Gasteiger partial charge is 0.335 e. The minimum Gasteiger partial charge on any atom is -0.478 e. The number of nitrogens with zero attached hydrogens (tertiary/aromatic N) is 2. The van der Waals surface area contributed by atoms with Crippen LogP contribution in [-0.2, 0) is 9.53 Å². The van der Waals surface area contributed by atoms with Gasteiger partial charge in [0, 0.05) is 37.6 Å². The molecule has 0 amide bonds. The maximum Gasteiger partial charge on any atom is 0.335 e. The quantitative estimate of drug-likeness (QED) is 0.0702. The van der Waals surface area contributed by atoms with Gasteiger partial charge < -0.3 is 30.0 Å². The van der Waals surface area contributed by atoms with Crippen LogP contribution in [0.25, 0.3) is 0 Å². The number of hydrogen-bond acceptors (Lipinski definition) is 7. The van der Waals surface area contributed by atoms with Gasteiger partial charge in [0.2, 0.25) is 0 Å². The van der Waals surface area contributed by atoms with Crippen molar-refractivity contribution >= 4 is 24.2 Å². The molecule has 0 saturated heterocycles. The van der Waals surface area contributed by atoms with Gasteiger partial charge in [-0.15, -0.1) is 0 Å². The summed E-state index contributed by atoms with van der Waals surface area (Å²) in [6.07, 6.45) is 11.7. The number of ether oxygens (including phenoxy) is 1. The van der Waals surface area contributed by atoms with E-state index in [0.717, 1.165) is 54.7 Å². The summed E-state index contributed by atoms with van der Waals surface area (Å²) in [5, 5.41) is 22.1.